The quantitative estimate of drug-likeness (QED) is 0.605. The molecule has 15 heavy (non-hydrogen) atoms. The predicted octanol–water partition coefficient (Wildman–Crippen LogP) is 2.50. The van der Waals surface area contributed by atoms with Crippen molar-refractivity contribution < 1.29 is 4.79 Å². The van der Waals surface area contributed by atoms with Crippen molar-refractivity contribution in [1.82, 2.24) is 4.90 Å². The van der Waals surface area contributed by atoms with Gasteiger partial charge in [-0.2, -0.15) is 0 Å². The molecule has 2 fully saturated rings. The summed E-state index contributed by atoms with van der Waals surface area (Å²) in [6, 6.07) is 1.28. The Morgan fingerprint density at radius 1 is 1.13 bits per heavy atom. The summed E-state index contributed by atoms with van der Waals surface area (Å²) in [4.78, 5) is 13.9. The molecule has 1 aliphatic carbocycles. The topological polar surface area (TPSA) is 20.3 Å². The number of nitrogens with zero attached hydrogens (tertiary/aromatic N) is 1. The molecule has 0 unspecified atom stereocenters. The van der Waals surface area contributed by atoms with Crippen LogP contribution in [-0.4, -0.2) is 22.8 Å². The van der Waals surface area contributed by atoms with Crippen molar-refractivity contribution in [1.29, 1.82) is 0 Å². The normalized spacial score (nSPS) is 39.9. The first-order valence-corrected chi connectivity index (χ1v) is 6.33. The second kappa shape index (κ2) is 3.66. The molecule has 0 aromatic heterocycles. The molecule has 3 rings (SSSR count). The maximum absolute atomic E-state index is 11.4. The minimum atomic E-state index is 0.325. The molecule has 2 heteroatoms. The maximum atomic E-state index is 11.4. The number of hydrogen-bond donors (Lipinski definition) is 0. The predicted molar refractivity (Wildman–Crippen MR) is 59.4 cm³/mol. The molecule has 2 heterocycles. The van der Waals surface area contributed by atoms with E-state index in [2.05, 4.69) is 11.1 Å². The summed E-state index contributed by atoms with van der Waals surface area (Å²) in [7, 11) is 0. The van der Waals surface area contributed by atoms with Crippen molar-refractivity contribution in [3.63, 3.8) is 0 Å². The molecule has 0 radical (unpaired) electrons. The molecular formula is C13H19NO. The van der Waals surface area contributed by atoms with Gasteiger partial charge >= 0.3 is 0 Å². The lowest BCUT2D eigenvalue weighted by atomic mass is 9.75. The minimum absolute atomic E-state index is 0.325. The fourth-order valence-corrected chi connectivity index (χ4v) is 3.65. The number of carbonyl (C=O) groups is 1. The van der Waals surface area contributed by atoms with Gasteiger partial charge in [0.05, 0.1) is 0 Å². The van der Waals surface area contributed by atoms with E-state index in [0.29, 0.717) is 11.8 Å². The number of piperidine rings is 1. The van der Waals surface area contributed by atoms with E-state index in [-0.39, 0.29) is 0 Å². The smallest absolute Gasteiger partial charge is 0.159 e. The number of carbonyl (C=O) groups excluding carboxylic acids is 1. The Labute approximate surface area is 91.3 Å². The van der Waals surface area contributed by atoms with E-state index in [1.807, 2.05) is 0 Å². The van der Waals surface area contributed by atoms with E-state index in [1.54, 1.807) is 6.08 Å². The van der Waals surface area contributed by atoms with Crippen LogP contribution >= 0.6 is 0 Å². The minimum Gasteiger partial charge on any atom is -0.371 e. The molecule has 2 nitrogen and oxygen atoms in total. The number of hydrogen-bond acceptors (Lipinski definition) is 2. The largest absolute Gasteiger partial charge is 0.371 e. The van der Waals surface area contributed by atoms with Gasteiger partial charge in [0, 0.05) is 24.7 Å². The van der Waals surface area contributed by atoms with Gasteiger partial charge in [0.15, 0.2) is 5.78 Å². The summed E-state index contributed by atoms with van der Waals surface area (Å²) in [6.07, 6.45) is 12.8. The molecule has 1 saturated carbocycles. The third-order valence-electron chi connectivity index (χ3n) is 4.41. The molecule has 0 aromatic rings. The molecule has 2 aliphatic heterocycles. The summed E-state index contributed by atoms with van der Waals surface area (Å²) in [6.45, 7) is 0. The van der Waals surface area contributed by atoms with Gasteiger partial charge in [-0.3, -0.25) is 4.79 Å². The Bertz CT molecular complexity index is 297. The molecule has 0 amide bonds. The molecule has 0 bridgehead atoms. The Kier molecular flexibility index (Phi) is 2.30. The number of rotatable bonds is 0. The van der Waals surface area contributed by atoms with E-state index < -0.39 is 0 Å². The number of ketones is 1. The van der Waals surface area contributed by atoms with E-state index in [1.165, 1.54) is 38.5 Å². The summed E-state index contributed by atoms with van der Waals surface area (Å²) in [5.74, 6) is 1.23. The van der Waals surface area contributed by atoms with Crippen LogP contribution in [0.25, 0.3) is 0 Å². The highest BCUT2D eigenvalue weighted by Gasteiger charge is 2.38. The zero-order valence-corrected chi connectivity index (χ0v) is 9.19. The Hall–Kier alpha value is -0.790. The van der Waals surface area contributed by atoms with Crippen LogP contribution < -0.4 is 0 Å². The first-order chi connectivity index (χ1) is 7.34. The highest BCUT2D eigenvalue weighted by atomic mass is 16.1. The zero-order valence-electron chi connectivity index (χ0n) is 9.19. The number of fused-ring (bicyclic) bond motifs is 3. The lowest BCUT2D eigenvalue weighted by molar-refractivity contribution is -0.117. The fourth-order valence-electron chi connectivity index (χ4n) is 3.65. The van der Waals surface area contributed by atoms with Gasteiger partial charge in [-0.1, -0.05) is 12.8 Å². The Balaban J connectivity index is 1.82. The average Bonchev–Trinajstić information content (AvgIpc) is 2.28. The van der Waals surface area contributed by atoms with E-state index in [0.717, 1.165) is 18.4 Å². The van der Waals surface area contributed by atoms with Gasteiger partial charge in [-0.25, -0.2) is 0 Å². The molecule has 0 aromatic carbocycles. The Morgan fingerprint density at radius 3 is 2.93 bits per heavy atom. The van der Waals surface area contributed by atoms with E-state index >= 15 is 0 Å². The van der Waals surface area contributed by atoms with Crippen LogP contribution in [0.2, 0.25) is 0 Å². The van der Waals surface area contributed by atoms with Gasteiger partial charge in [0.1, 0.15) is 0 Å². The van der Waals surface area contributed by atoms with Crippen LogP contribution in [0.1, 0.15) is 44.9 Å². The molecule has 3 aliphatic rings. The summed E-state index contributed by atoms with van der Waals surface area (Å²) in [5.41, 5.74) is 0. The maximum Gasteiger partial charge on any atom is 0.159 e. The van der Waals surface area contributed by atoms with Crippen LogP contribution in [0.15, 0.2) is 12.3 Å². The van der Waals surface area contributed by atoms with Crippen LogP contribution in [0, 0.1) is 5.92 Å². The van der Waals surface area contributed by atoms with Gasteiger partial charge in [0.25, 0.3) is 0 Å². The van der Waals surface area contributed by atoms with Crippen molar-refractivity contribution in [2.45, 2.75) is 57.0 Å². The Morgan fingerprint density at radius 2 is 2.00 bits per heavy atom. The van der Waals surface area contributed by atoms with Crippen LogP contribution in [0.3, 0.4) is 0 Å². The molecule has 1 saturated heterocycles. The fraction of sp³-hybridized carbons (Fsp3) is 0.769. The lowest BCUT2D eigenvalue weighted by Gasteiger charge is -2.49. The molecule has 3 atom stereocenters. The van der Waals surface area contributed by atoms with Crippen molar-refractivity contribution in [3.05, 3.63) is 12.3 Å². The van der Waals surface area contributed by atoms with Crippen molar-refractivity contribution in [3.8, 4) is 0 Å². The first-order valence-electron chi connectivity index (χ1n) is 6.33. The highest BCUT2D eigenvalue weighted by molar-refractivity contribution is 5.90. The van der Waals surface area contributed by atoms with Gasteiger partial charge in [0.2, 0.25) is 0 Å². The summed E-state index contributed by atoms with van der Waals surface area (Å²) >= 11 is 0. The highest BCUT2D eigenvalue weighted by Crippen LogP contribution is 2.39. The standard InChI is InChI=1S/C13H19NO/c15-12-7-8-14-11(9-12)6-5-10-3-1-2-4-13(10)14/h7-8,10-11,13H,1-6,9H2/t10-,11+,13+/m0/s1. The van der Waals surface area contributed by atoms with Gasteiger partial charge in [-0.05, 0) is 37.7 Å². The second-order valence-corrected chi connectivity index (χ2v) is 5.28. The van der Waals surface area contributed by atoms with Crippen LogP contribution in [-0.2, 0) is 4.79 Å². The average molecular weight is 205 g/mol. The molecule has 82 valence electrons. The third kappa shape index (κ3) is 1.60. The summed E-state index contributed by atoms with van der Waals surface area (Å²) < 4.78 is 0. The van der Waals surface area contributed by atoms with Crippen molar-refractivity contribution in [2.24, 2.45) is 5.92 Å². The van der Waals surface area contributed by atoms with Crippen LogP contribution in [0.5, 0.6) is 0 Å². The lowest BCUT2D eigenvalue weighted by Crippen LogP contribution is -2.51. The van der Waals surface area contributed by atoms with Gasteiger partial charge in [-0.15, -0.1) is 0 Å². The third-order valence-corrected chi connectivity index (χ3v) is 4.41. The monoisotopic (exact) mass is 205 g/mol. The molecular weight excluding hydrogens is 186 g/mol. The van der Waals surface area contributed by atoms with E-state index in [4.69, 9.17) is 0 Å². The van der Waals surface area contributed by atoms with E-state index in [9.17, 15) is 4.79 Å². The van der Waals surface area contributed by atoms with Crippen molar-refractivity contribution >= 4 is 5.78 Å². The molecule has 0 N–H and O–H groups in total. The van der Waals surface area contributed by atoms with Crippen molar-refractivity contribution in [2.75, 3.05) is 0 Å². The van der Waals surface area contributed by atoms with Crippen LogP contribution in [0.4, 0.5) is 0 Å². The summed E-state index contributed by atoms with van der Waals surface area (Å²) in [5, 5.41) is 0. The SMILES string of the molecule is O=C1C=CN2[C@H](CC[C@@H]3CCCC[C@H]32)C1. The zero-order chi connectivity index (χ0) is 10.3. The number of allylic oxidation sites excluding steroid dienone is 1. The second-order valence-electron chi connectivity index (χ2n) is 5.28. The first kappa shape index (κ1) is 9.44. The molecule has 0 spiro atoms. The van der Waals surface area contributed by atoms with Gasteiger partial charge < -0.3 is 4.90 Å².